The largest absolute Gasteiger partial charge is 0.496 e. The van der Waals surface area contributed by atoms with Crippen LogP contribution in [0.3, 0.4) is 0 Å². The zero-order valence-electron chi connectivity index (χ0n) is 16.7. The van der Waals surface area contributed by atoms with Gasteiger partial charge in [-0.3, -0.25) is 0 Å². The predicted octanol–water partition coefficient (Wildman–Crippen LogP) is 6.37. The van der Waals surface area contributed by atoms with Crippen LogP contribution >= 0.6 is 0 Å². The molecule has 2 aliphatic heterocycles. The van der Waals surface area contributed by atoms with Gasteiger partial charge in [-0.1, -0.05) is 30.4 Å². The molecular formula is C24H27NO2. The Balaban J connectivity index is 2.00. The maximum Gasteiger partial charge on any atom is 0.131 e. The molecule has 2 aromatic rings. The summed E-state index contributed by atoms with van der Waals surface area (Å²) in [5, 5.41) is 3.66. The van der Waals surface area contributed by atoms with Gasteiger partial charge < -0.3 is 14.8 Å². The number of fused-ring (bicyclic) bond motifs is 5. The normalized spacial score (nSPS) is 19.3. The first-order valence-electron chi connectivity index (χ1n) is 9.55. The van der Waals surface area contributed by atoms with E-state index in [9.17, 15) is 0 Å². The Bertz CT molecular complexity index is 953. The first-order chi connectivity index (χ1) is 12.9. The molecule has 140 valence electrons. The third kappa shape index (κ3) is 2.91. The second kappa shape index (κ2) is 6.49. The summed E-state index contributed by atoms with van der Waals surface area (Å²) in [5.74, 6) is 1.74. The van der Waals surface area contributed by atoms with E-state index in [1.165, 1.54) is 28.0 Å². The first-order valence-corrected chi connectivity index (χ1v) is 9.55. The molecule has 0 saturated carbocycles. The molecule has 0 saturated heterocycles. The molecule has 3 nitrogen and oxygen atoms in total. The Morgan fingerprint density at radius 3 is 2.74 bits per heavy atom. The number of hydrogen-bond donors (Lipinski definition) is 1. The van der Waals surface area contributed by atoms with Crippen LogP contribution in [0.4, 0.5) is 5.69 Å². The van der Waals surface area contributed by atoms with Gasteiger partial charge in [0.25, 0.3) is 0 Å². The van der Waals surface area contributed by atoms with E-state index in [4.69, 9.17) is 9.47 Å². The van der Waals surface area contributed by atoms with Gasteiger partial charge in [0, 0.05) is 23.2 Å². The highest BCUT2D eigenvalue weighted by Gasteiger charge is 2.34. The van der Waals surface area contributed by atoms with E-state index in [1.54, 1.807) is 7.11 Å². The fourth-order valence-corrected chi connectivity index (χ4v) is 4.38. The van der Waals surface area contributed by atoms with E-state index in [-0.39, 0.29) is 11.6 Å². The zero-order chi connectivity index (χ0) is 19.2. The van der Waals surface area contributed by atoms with Crippen molar-refractivity contribution < 1.29 is 9.47 Å². The van der Waals surface area contributed by atoms with Crippen molar-refractivity contribution in [3.05, 3.63) is 59.7 Å². The number of hydrogen-bond acceptors (Lipinski definition) is 3. The SMILES string of the molecule is C/C=C\CC1Oc2cccc(OC)c2-c2ccc3c(c21)C(C)=CC(C)(C)N3. The fraction of sp³-hybridized carbons (Fsp3) is 0.333. The first kappa shape index (κ1) is 17.7. The van der Waals surface area contributed by atoms with Crippen molar-refractivity contribution >= 4 is 11.3 Å². The lowest BCUT2D eigenvalue weighted by Gasteiger charge is -2.37. The second-order valence-electron chi connectivity index (χ2n) is 7.87. The highest BCUT2D eigenvalue weighted by atomic mass is 16.5. The quantitative estimate of drug-likeness (QED) is 0.644. The van der Waals surface area contributed by atoms with Gasteiger partial charge in [-0.2, -0.15) is 0 Å². The standard InChI is InChI=1S/C24H27NO2/c1-6-7-9-20-23-16(22-18(26-5)10-8-11-19(22)27-20)12-13-17-21(23)15(2)14-24(3,4)25-17/h6-8,10-14,20,25H,9H2,1-5H3/b7-6-. The highest BCUT2D eigenvalue weighted by molar-refractivity contribution is 5.91. The molecule has 4 rings (SSSR count). The summed E-state index contributed by atoms with van der Waals surface area (Å²) in [5.41, 5.74) is 7.17. The molecule has 0 aromatic heterocycles. The third-order valence-electron chi connectivity index (χ3n) is 5.33. The molecule has 0 bridgehead atoms. The molecule has 0 amide bonds. The number of ether oxygens (including phenoxy) is 2. The van der Waals surface area contributed by atoms with Crippen LogP contribution < -0.4 is 14.8 Å². The van der Waals surface area contributed by atoms with Gasteiger partial charge in [0.05, 0.1) is 18.2 Å². The van der Waals surface area contributed by atoms with Crippen molar-refractivity contribution in [3.8, 4) is 22.6 Å². The number of methoxy groups -OCH3 is 1. The lowest BCUT2D eigenvalue weighted by atomic mass is 9.81. The number of rotatable bonds is 3. The van der Waals surface area contributed by atoms with Crippen molar-refractivity contribution in [2.75, 3.05) is 12.4 Å². The molecule has 1 unspecified atom stereocenters. The Kier molecular flexibility index (Phi) is 4.26. The van der Waals surface area contributed by atoms with Crippen LogP contribution in [0, 0.1) is 0 Å². The minimum Gasteiger partial charge on any atom is -0.496 e. The Hall–Kier alpha value is -2.68. The van der Waals surface area contributed by atoms with Crippen LogP contribution in [0.1, 0.15) is 51.3 Å². The minimum atomic E-state index is -0.0603. The van der Waals surface area contributed by atoms with E-state index < -0.39 is 0 Å². The molecule has 27 heavy (non-hydrogen) atoms. The Morgan fingerprint density at radius 1 is 1.19 bits per heavy atom. The molecule has 1 atom stereocenters. The van der Waals surface area contributed by atoms with Gasteiger partial charge in [-0.05, 0) is 57.0 Å². The highest BCUT2D eigenvalue weighted by Crippen LogP contribution is 2.52. The van der Waals surface area contributed by atoms with Crippen molar-refractivity contribution in [2.24, 2.45) is 0 Å². The number of nitrogens with one attached hydrogen (secondary N) is 1. The van der Waals surface area contributed by atoms with Crippen molar-refractivity contribution in [2.45, 2.75) is 45.8 Å². The van der Waals surface area contributed by atoms with E-state index in [2.05, 4.69) is 63.4 Å². The fourth-order valence-electron chi connectivity index (χ4n) is 4.38. The molecule has 2 aliphatic rings. The average molecular weight is 361 g/mol. The van der Waals surface area contributed by atoms with Crippen molar-refractivity contribution in [1.29, 1.82) is 0 Å². The van der Waals surface area contributed by atoms with Crippen molar-refractivity contribution in [1.82, 2.24) is 0 Å². The predicted molar refractivity (Wildman–Crippen MR) is 113 cm³/mol. The molecule has 0 spiro atoms. The number of allylic oxidation sites excluding steroid dienone is 2. The van der Waals surface area contributed by atoms with Crippen LogP contribution in [0.5, 0.6) is 11.5 Å². The summed E-state index contributed by atoms with van der Waals surface area (Å²) < 4.78 is 12.1. The molecule has 0 aliphatic carbocycles. The summed E-state index contributed by atoms with van der Waals surface area (Å²) in [6.45, 7) is 8.65. The lowest BCUT2D eigenvalue weighted by molar-refractivity contribution is 0.204. The maximum absolute atomic E-state index is 6.48. The lowest BCUT2D eigenvalue weighted by Crippen LogP contribution is -2.32. The molecule has 2 aromatic carbocycles. The summed E-state index contributed by atoms with van der Waals surface area (Å²) >= 11 is 0. The van der Waals surface area contributed by atoms with Gasteiger partial charge in [-0.15, -0.1) is 0 Å². The molecular weight excluding hydrogens is 334 g/mol. The smallest absolute Gasteiger partial charge is 0.131 e. The van der Waals surface area contributed by atoms with E-state index in [1.807, 2.05) is 18.2 Å². The summed E-state index contributed by atoms with van der Waals surface area (Å²) in [6.07, 6.45) is 7.40. The van der Waals surface area contributed by atoms with Crippen LogP contribution in [0.15, 0.2) is 48.6 Å². The molecule has 3 heteroatoms. The summed E-state index contributed by atoms with van der Waals surface area (Å²) in [7, 11) is 1.72. The van der Waals surface area contributed by atoms with Gasteiger partial charge in [0.2, 0.25) is 0 Å². The van der Waals surface area contributed by atoms with Crippen LogP contribution in [0.2, 0.25) is 0 Å². The van der Waals surface area contributed by atoms with Crippen LogP contribution in [-0.4, -0.2) is 12.6 Å². The summed E-state index contributed by atoms with van der Waals surface area (Å²) in [6, 6.07) is 10.4. The molecule has 0 radical (unpaired) electrons. The number of benzene rings is 2. The average Bonchev–Trinajstić information content (AvgIpc) is 2.63. The van der Waals surface area contributed by atoms with Crippen molar-refractivity contribution in [3.63, 3.8) is 0 Å². The Labute approximate surface area is 161 Å². The second-order valence-corrected chi connectivity index (χ2v) is 7.87. The van der Waals surface area contributed by atoms with Gasteiger partial charge in [0.15, 0.2) is 0 Å². The zero-order valence-corrected chi connectivity index (χ0v) is 16.7. The van der Waals surface area contributed by atoms with E-state index in [0.29, 0.717) is 0 Å². The van der Waals surface area contributed by atoms with Gasteiger partial charge in [0.1, 0.15) is 17.6 Å². The molecule has 0 fully saturated rings. The number of anilines is 1. The molecule has 1 N–H and O–H groups in total. The topological polar surface area (TPSA) is 30.5 Å². The monoisotopic (exact) mass is 361 g/mol. The van der Waals surface area contributed by atoms with Gasteiger partial charge in [-0.25, -0.2) is 0 Å². The van der Waals surface area contributed by atoms with Gasteiger partial charge >= 0.3 is 0 Å². The van der Waals surface area contributed by atoms with E-state index in [0.717, 1.165) is 23.5 Å². The van der Waals surface area contributed by atoms with Crippen LogP contribution in [0.25, 0.3) is 16.7 Å². The minimum absolute atomic E-state index is 0.0166. The third-order valence-corrected chi connectivity index (χ3v) is 5.33. The Morgan fingerprint density at radius 2 is 2.00 bits per heavy atom. The van der Waals surface area contributed by atoms with Crippen LogP contribution in [-0.2, 0) is 0 Å². The maximum atomic E-state index is 6.48. The summed E-state index contributed by atoms with van der Waals surface area (Å²) in [4.78, 5) is 0. The molecule has 2 heterocycles. The van der Waals surface area contributed by atoms with E-state index >= 15 is 0 Å².